The van der Waals surface area contributed by atoms with Crippen molar-refractivity contribution in [2.24, 2.45) is 0 Å². The first kappa shape index (κ1) is 39.8. The van der Waals surface area contributed by atoms with Gasteiger partial charge in [0.1, 0.15) is 34.8 Å². The molecule has 0 radical (unpaired) electrons. The van der Waals surface area contributed by atoms with Gasteiger partial charge in [-0.25, -0.2) is 22.4 Å². The molecule has 0 heterocycles. The average molecular weight is 828 g/mol. The molecule has 14 heteroatoms. The number of hydrogen-bond acceptors (Lipinski definition) is 6. The molecule has 0 spiro atoms. The number of rotatable bonds is 11. The molecule has 0 bridgehead atoms. The Morgan fingerprint density at radius 1 is 0.600 bits per heavy atom. The van der Waals surface area contributed by atoms with E-state index in [1.807, 2.05) is 0 Å². The number of carbonyl (C=O) groups excluding carboxylic acids is 1. The highest BCUT2D eigenvalue weighted by Crippen LogP contribution is 2.55. The van der Waals surface area contributed by atoms with E-state index in [1.54, 1.807) is 6.92 Å². The molecule has 0 amide bonds. The van der Waals surface area contributed by atoms with Crippen LogP contribution in [0.15, 0.2) is 121 Å². The van der Waals surface area contributed by atoms with Crippen LogP contribution in [0, 0.1) is 23.3 Å². The molecule has 0 aliphatic heterocycles. The van der Waals surface area contributed by atoms with Crippen molar-refractivity contribution < 1.29 is 46.1 Å². The molecule has 0 aliphatic rings. The summed E-state index contributed by atoms with van der Waals surface area (Å²) < 4.78 is 101. The van der Waals surface area contributed by atoms with Gasteiger partial charge in [-0.2, -0.15) is 0 Å². The quantitative estimate of drug-likeness (QED) is 0.0801. The van der Waals surface area contributed by atoms with E-state index in [0.717, 1.165) is 48.5 Å². The topological polar surface area (TPSA) is 89.9 Å². The second kappa shape index (κ2) is 16.1. The number of esters is 1. The van der Waals surface area contributed by atoms with Gasteiger partial charge in [0.15, 0.2) is 20.4 Å². The number of carbonyl (C=O) groups is 1. The summed E-state index contributed by atoms with van der Waals surface area (Å²) in [6.07, 6.45) is -1.37. The van der Waals surface area contributed by atoms with Crippen molar-refractivity contribution in [2.45, 2.75) is 20.0 Å². The molecule has 0 aromatic heterocycles. The highest BCUT2D eigenvalue weighted by atomic mass is 35.5. The predicted octanol–water partition coefficient (Wildman–Crippen LogP) is 8.53. The van der Waals surface area contributed by atoms with Crippen LogP contribution in [0.1, 0.15) is 13.8 Å². The Balaban J connectivity index is 1.82. The third-order valence-corrected chi connectivity index (χ3v) is 15.6. The van der Waals surface area contributed by atoms with Crippen LogP contribution in [0.2, 0.25) is 10.0 Å². The van der Waals surface area contributed by atoms with Gasteiger partial charge < -0.3 is 23.7 Å². The summed E-state index contributed by atoms with van der Waals surface area (Å²) in [5, 5.41) is 11.6. The van der Waals surface area contributed by atoms with Gasteiger partial charge in [0, 0.05) is 43.0 Å². The normalized spacial score (nSPS) is 12.3. The first-order valence-electron chi connectivity index (χ1n) is 16.6. The number of ether oxygens (including phenoxy) is 2. The maximum Gasteiger partial charge on any atom is 0.347 e. The van der Waals surface area contributed by atoms with Crippen molar-refractivity contribution in [3.63, 3.8) is 0 Å². The maximum absolute atomic E-state index is 16.1. The molecule has 0 saturated heterocycles. The van der Waals surface area contributed by atoms with E-state index in [9.17, 15) is 27.5 Å². The molecule has 282 valence electrons. The van der Waals surface area contributed by atoms with Crippen molar-refractivity contribution in [1.82, 2.24) is 0 Å². The van der Waals surface area contributed by atoms with Crippen LogP contribution in [0.25, 0.3) is 11.1 Å². The highest BCUT2D eigenvalue weighted by Gasteiger charge is 2.41. The molecule has 0 saturated carbocycles. The standard InChI is InChI=1S/C41H30Cl2F4O6P2/c1-3-52-41(49)24(2)53-40-34(43)21-23-36(55(51,31-16-8-27(46)9-17-31)32-18-10-28(47)11-19-32)38(40)37-35(22-20-33(42)39(37)48)54(50,29-12-4-25(44)5-13-29)30-14-6-26(45)7-15-30/h4-24,48H,3H2,1-2H3. The fraction of sp³-hybridized carbons (Fsp3) is 0.0976. The largest absolute Gasteiger partial charge is 0.506 e. The SMILES string of the molecule is CCOC(=O)C(C)Oc1c(Cl)ccc(P(=O)(c2ccc(F)cc2)c2ccc(F)cc2)c1-c1c(P(=O)(c2ccc(F)cc2)c2ccc(F)cc2)ccc(Cl)c1O. The summed E-state index contributed by atoms with van der Waals surface area (Å²) >= 11 is 13.5. The van der Waals surface area contributed by atoms with Crippen LogP contribution in [0.4, 0.5) is 17.6 Å². The Bertz CT molecular complexity index is 2380. The average Bonchev–Trinajstić information content (AvgIpc) is 3.17. The first-order valence-corrected chi connectivity index (χ1v) is 20.8. The van der Waals surface area contributed by atoms with Crippen LogP contribution in [-0.4, -0.2) is 23.8 Å². The van der Waals surface area contributed by atoms with Crippen LogP contribution in [-0.2, 0) is 18.7 Å². The van der Waals surface area contributed by atoms with Crippen LogP contribution >= 0.6 is 37.5 Å². The second-order valence-electron chi connectivity index (χ2n) is 12.2. The Kier molecular flexibility index (Phi) is 11.7. The minimum absolute atomic E-state index is 0.00471. The minimum Gasteiger partial charge on any atom is -0.506 e. The van der Waals surface area contributed by atoms with Gasteiger partial charge >= 0.3 is 5.97 Å². The smallest absolute Gasteiger partial charge is 0.347 e. The van der Waals surface area contributed by atoms with Crippen molar-refractivity contribution in [3.05, 3.63) is 155 Å². The van der Waals surface area contributed by atoms with E-state index >= 15 is 9.13 Å². The highest BCUT2D eigenvalue weighted by molar-refractivity contribution is 7.86. The number of benzene rings is 6. The molecular formula is C41H30Cl2F4O6P2. The number of hydrogen-bond donors (Lipinski definition) is 1. The van der Waals surface area contributed by atoms with Crippen molar-refractivity contribution >= 4 is 75.3 Å². The molecule has 6 aromatic rings. The fourth-order valence-electron chi connectivity index (χ4n) is 6.17. The molecular weight excluding hydrogens is 797 g/mol. The van der Waals surface area contributed by atoms with E-state index in [0.29, 0.717) is 0 Å². The Morgan fingerprint density at radius 2 is 0.945 bits per heavy atom. The third kappa shape index (κ3) is 7.57. The lowest BCUT2D eigenvalue weighted by atomic mass is 10.0. The summed E-state index contributed by atoms with van der Waals surface area (Å²) in [7, 11) is -8.67. The van der Waals surface area contributed by atoms with Gasteiger partial charge in [-0.05, 0) is 135 Å². The second-order valence-corrected chi connectivity index (χ2v) is 18.5. The Morgan fingerprint density at radius 3 is 1.31 bits per heavy atom. The lowest BCUT2D eigenvalue weighted by Gasteiger charge is -2.29. The minimum atomic E-state index is -4.34. The van der Waals surface area contributed by atoms with Gasteiger partial charge in [-0.3, -0.25) is 0 Å². The summed E-state index contributed by atoms with van der Waals surface area (Å²) in [6.45, 7) is 2.95. The van der Waals surface area contributed by atoms with Crippen molar-refractivity contribution in [1.29, 1.82) is 0 Å². The van der Waals surface area contributed by atoms with Gasteiger partial charge in [-0.15, -0.1) is 0 Å². The van der Waals surface area contributed by atoms with Gasteiger partial charge in [0.05, 0.1) is 16.7 Å². The van der Waals surface area contributed by atoms with Gasteiger partial charge in [-0.1, -0.05) is 23.2 Å². The van der Waals surface area contributed by atoms with Crippen LogP contribution < -0.4 is 36.6 Å². The molecule has 55 heavy (non-hydrogen) atoms. The molecule has 6 rings (SSSR count). The number of halogens is 6. The fourth-order valence-corrected chi connectivity index (χ4v) is 12.1. The monoisotopic (exact) mass is 826 g/mol. The molecule has 1 atom stereocenters. The van der Waals surface area contributed by atoms with Gasteiger partial charge in [0.2, 0.25) is 0 Å². The first-order chi connectivity index (χ1) is 26.2. The van der Waals surface area contributed by atoms with Crippen LogP contribution in [0.3, 0.4) is 0 Å². The molecule has 1 N–H and O–H groups in total. The number of aromatic hydroxyl groups is 1. The van der Waals surface area contributed by atoms with Crippen LogP contribution in [0.5, 0.6) is 11.5 Å². The lowest BCUT2D eigenvalue weighted by Crippen LogP contribution is -2.31. The number of phenolic OH excluding ortho intramolecular Hbond substituents is 1. The Hall–Kier alpha value is -4.85. The Labute approximate surface area is 324 Å². The van der Waals surface area contributed by atoms with E-state index < -0.39 is 55.4 Å². The molecule has 1 unspecified atom stereocenters. The summed E-state index contributed by atoms with van der Waals surface area (Å²) in [4.78, 5) is 13.0. The van der Waals surface area contributed by atoms with E-state index in [1.165, 1.54) is 79.7 Å². The van der Waals surface area contributed by atoms with E-state index in [4.69, 9.17) is 32.7 Å². The molecule has 0 fully saturated rings. The number of phenols is 1. The van der Waals surface area contributed by atoms with E-state index in [2.05, 4.69) is 0 Å². The molecule has 6 aromatic carbocycles. The zero-order valence-electron chi connectivity index (χ0n) is 29.0. The molecule has 0 aliphatic carbocycles. The van der Waals surface area contributed by atoms with Crippen molar-refractivity contribution in [2.75, 3.05) is 6.61 Å². The summed E-state index contributed by atoms with van der Waals surface area (Å²) in [6, 6.07) is 24.2. The zero-order valence-corrected chi connectivity index (χ0v) is 32.3. The van der Waals surface area contributed by atoms with E-state index in [-0.39, 0.29) is 65.4 Å². The third-order valence-electron chi connectivity index (χ3n) is 8.80. The molecule has 6 nitrogen and oxygen atoms in total. The lowest BCUT2D eigenvalue weighted by molar-refractivity contribution is -0.150. The predicted molar refractivity (Wildman–Crippen MR) is 209 cm³/mol. The maximum atomic E-state index is 16.1. The summed E-state index contributed by atoms with van der Waals surface area (Å²) in [5.41, 5.74) is -0.572. The summed E-state index contributed by atoms with van der Waals surface area (Å²) in [5.74, 6) is -4.41. The zero-order chi connectivity index (χ0) is 39.7. The van der Waals surface area contributed by atoms with Crippen molar-refractivity contribution in [3.8, 4) is 22.6 Å². The van der Waals surface area contributed by atoms with Gasteiger partial charge in [0.25, 0.3) is 0 Å².